The summed E-state index contributed by atoms with van der Waals surface area (Å²) in [6.07, 6.45) is 2.25. The summed E-state index contributed by atoms with van der Waals surface area (Å²) in [6, 6.07) is 19.0. The minimum Gasteiger partial charge on any atom is -0.339 e. The number of carbonyl (C=O) groups is 1. The van der Waals surface area contributed by atoms with Crippen molar-refractivity contribution in [3.63, 3.8) is 0 Å². The molecule has 0 N–H and O–H groups in total. The molecular formula is C25H33N3O. The Morgan fingerprint density at radius 3 is 1.83 bits per heavy atom. The number of benzene rings is 2. The van der Waals surface area contributed by atoms with E-state index in [4.69, 9.17) is 0 Å². The molecule has 2 aliphatic rings. The third kappa shape index (κ3) is 5.46. The Balaban J connectivity index is 1.25. The highest BCUT2D eigenvalue weighted by atomic mass is 16.2. The van der Waals surface area contributed by atoms with Crippen LogP contribution in [0.4, 0.5) is 0 Å². The molecule has 2 fully saturated rings. The first kappa shape index (κ1) is 20.1. The summed E-state index contributed by atoms with van der Waals surface area (Å²) in [7, 11) is 0. The topological polar surface area (TPSA) is 26.8 Å². The average Bonchev–Trinajstić information content (AvgIpc) is 2.76. The molecule has 29 heavy (non-hydrogen) atoms. The standard InChI is InChI=1S/C25H33N3O/c1-21-11-13-28(14-12-21)25(29)24-9-7-23(8-10-24)20-27-17-15-26(16-18-27)19-22-5-3-2-4-6-22/h2-10,21H,11-20H2,1H3. The van der Waals surface area contributed by atoms with Crippen molar-refractivity contribution in [2.45, 2.75) is 32.9 Å². The maximum absolute atomic E-state index is 12.7. The van der Waals surface area contributed by atoms with E-state index in [0.717, 1.165) is 76.7 Å². The predicted molar refractivity (Wildman–Crippen MR) is 118 cm³/mol. The van der Waals surface area contributed by atoms with Crippen molar-refractivity contribution in [1.82, 2.24) is 14.7 Å². The van der Waals surface area contributed by atoms with Gasteiger partial charge in [0, 0.05) is 57.9 Å². The van der Waals surface area contributed by atoms with Crippen molar-refractivity contribution in [2.75, 3.05) is 39.3 Å². The molecule has 0 aliphatic carbocycles. The number of likely N-dealkylation sites (tertiary alicyclic amines) is 1. The molecule has 2 saturated heterocycles. The Morgan fingerprint density at radius 1 is 0.759 bits per heavy atom. The first-order valence-corrected chi connectivity index (χ1v) is 11.0. The number of hydrogen-bond acceptors (Lipinski definition) is 3. The van der Waals surface area contributed by atoms with Crippen LogP contribution >= 0.6 is 0 Å². The number of piperidine rings is 1. The van der Waals surface area contributed by atoms with Gasteiger partial charge in [-0.2, -0.15) is 0 Å². The van der Waals surface area contributed by atoms with Crippen LogP contribution in [0.25, 0.3) is 0 Å². The fourth-order valence-corrected chi connectivity index (χ4v) is 4.35. The zero-order chi connectivity index (χ0) is 20.1. The van der Waals surface area contributed by atoms with E-state index < -0.39 is 0 Å². The summed E-state index contributed by atoms with van der Waals surface area (Å²) in [5.74, 6) is 0.938. The third-order valence-electron chi connectivity index (χ3n) is 6.39. The molecule has 1 amide bonds. The lowest BCUT2D eigenvalue weighted by Gasteiger charge is -2.34. The van der Waals surface area contributed by atoms with E-state index in [2.05, 4.69) is 59.2 Å². The highest BCUT2D eigenvalue weighted by Crippen LogP contribution is 2.19. The molecule has 0 atom stereocenters. The zero-order valence-corrected chi connectivity index (χ0v) is 17.6. The lowest BCUT2D eigenvalue weighted by Crippen LogP contribution is -2.45. The fraction of sp³-hybridized carbons (Fsp3) is 0.480. The van der Waals surface area contributed by atoms with Crippen LogP contribution in [0.15, 0.2) is 54.6 Å². The van der Waals surface area contributed by atoms with Gasteiger partial charge in [-0.3, -0.25) is 14.6 Å². The largest absolute Gasteiger partial charge is 0.339 e. The molecule has 0 saturated carbocycles. The van der Waals surface area contributed by atoms with Crippen molar-refractivity contribution in [3.8, 4) is 0 Å². The Bertz CT molecular complexity index is 773. The normalized spacial score (nSPS) is 19.4. The molecule has 154 valence electrons. The Morgan fingerprint density at radius 2 is 1.28 bits per heavy atom. The van der Waals surface area contributed by atoms with E-state index >= 15 is 0 Å². The third-order valence-corrected chi connectivity index (χ3v) is 6.39. The smallest absolute Gasteiger partial charge is 0.253 e. The maximum atomic E-state index is 12.7. The van der Waals surface area contributed by atoms with Gasteiger partial charge in [0.1, 0.15) is 0 Å². The van der Waals surface area contributed by atoms with Crippen molar-refractivity contribution in [1.29, 1.82) is 0 Å². The van der Waals surface area contributed by atoms with Gasteiger partial charge in [-0.1, -0.05) is 49.4 Å². The summed E-state index contributed by atoms with van der Waals surface area (Å²) in [5.41, 5.74) is 3.52. The predicted octanol–water partition coefficient (Wildman–Crippen LogP) is 3.88. The Labute approximate surface area is 175 Å². The van der Waals surface area contributed by atoms with Crippen molar-refractivity contribution < 1.29 is 4.79 Å². The van der Waals surface area contributed by atoms with Gasteiger partial charge in [0.2, 0.25) is 0 Å². The van der Waals surface area contributed by atoms with Crippen LogP contribution in [0.5, 0.6) is 0 Å². The van der Waals surface area contributed by atoms with Crippen LogP contribution in [-0.4, -0.2) is 59.9 Å². The molecule has 4 heteroatoms. The summed E-state index contributed by atoms with van der Waals surface area (Å²) in [6.45, 7) is 10.5. The van der Waals surface area contributed by atoms with Crippen LogP contribution in [0.1, 0.15) is 41.3 Å². The van der Waals surface area contributed by atoms with Crippen LogP contribution in [0.3, 0.4) is 0 Å². The van der Waals surface area contributed by atoms with Gasteiger partial charge in [0.05, 0.1) is 0 Å². The van der Waals surface area contributed by atoms with Gasteiger partial charge < -0.3 is 4.90 Å². The molecule has 2 aromatic rings. The highest BCUT2D eigenvalue weighted by Gasteiger charge is 2.21. The number of rotatable bonds is 5. The van der Waals surface area contributed by atoms with Gasteiger partial charge in [-0.05, 0) is 42.0 Å². The minimum absolute atomic E-state index is 0.193. The number of amides is 1. The molecule has 2 aliphatic heterocycles. The first-order valence-electron chi connectivity index (χ1n) is 11.0. The molecule has 0 bridgehead atoms. The lowest BCUT2D eigenvalue weighted by atomic mass is 9.98. The Kier molecular flexibility index (Phi) is 6.63. The quantitative estimate of drug-likeness (QED) is 0.774. The van der Waals surface area contributed by atoms with E-state index in [-0.39, 0.29) is 5.91 Å². The van der Waals surface area contributed by atoms with E-state index in [0.29, 0.717) is 0 Å². The highest BCUT2D eigenvalue weighted by molar-refractivity contribution is 5.94. The number of hydrogen-bond donors (Lipinski definition) is 0. The molecule has 4 rings (SSSR count). The SMILES string of the molecule is CC1CCN(C(=O)c2ccc(CN3CCN(Cc4ccccc4)CC3)cc2)CC1. The molecule has 0 aromatic heterocycles. The van der Waals surface area contributed by atoms with Crippen LogP contribution in [0, 0.1) is 5.92 Å². The Hall–Kier alpha value is -2.17. The summed E-state index contributed by atoms with van der Waals surface area (Å²) in [5, 5.41) is 0. The summed E-state index contributed by atoms with van der Waals surface area (Å²) < 4.78 is 0. The van der Waals surface area contributed by atoms with Crippen molar-refractivity contribution >= 4 is 5.91 Å². The molecule has 0 spiro atoms. The molecule has 2 heterocycles. The monoisotopic (exact) mass is 391 g/mol. The second-order valence-corrected chi connectivity index (χ2v) is 8.71. The van der Waals surface area contributed by atoms with Gasteiger partial charge in [-0.25, -0.2) is 0 Å². The van der Waals surface area contributed by atoms with E-state index in [1.54, 1.807) is 0 Å². The molecular weight excluding hydrogens is 358 g/mol. The molecule has 2 aromatic carbocycles. The minimum atomic E-state index is 0.193. The van der Waals surface area contributed by atoms with Crippen molar-refractivity contribution in [3.05, 3.63) is 71.3 Å². The van der Waals surface area contributed by atoms with E-state index in [1.807, 2.05) is 17.0 Å². The van der Waals surface area contributed by atoms with Crippen LogP contribution in [-0.2, 0) is 13.1 Å². The lowest BCUT2D eigenvalue weighted by molar-refractivity contribution is 0.0697. The molecule has 0 unspecified atom stereocenters. The van der Waals surface area contributed by atoms with Gasteiger partial charge in [0.15, 0.2) is 0 Å². The van der Waals surface area contributed by atoms with Gasteiger partial charge in [0.25, 0.3) is 5.91 Å². The average molecular weight is 392 g/mol. The van der Waals surface area contributed by atoms with E-state index in [1.165, 1.54) is 11.1 Å². The summed E-state index contributed by atoms with van der Waals surface area (Å²) in [4.78, 5) is 19.8. The van der Waals surface area contributed by atoms with Crippen LogP contribution < -0.4 is 0 Å². The fourth-order valence-electron chi connectivity index (χ4n) is 4.35. The number of nitrogens with zero attached hydrogens (tertiary/aromatic N) is 3. The summed E-state index contributed by atoms with van der Waals surface area (Å²) >= 11 is 0. The van der Waals surface area contributed by atoms with Crippen LogP contribution in [0.2, 0.25) is 0 Å². The van der Waals surface area contributed by atoms with E-state index in [9.17, 15) is 4.79 Å². The zero-order valence-electron chi connectivity index (χ0n) is 17.6. The maximum Gasteiger partial charge on any atom is 0.253 e. The van der Waals surface area contributed by atoms with Gasteiger partial charge >= 0.3 is 0 Å². The number of carbonyl (C=O) groups excluding carboxylic acids is 1. The number of piperazine rings is 1. The second kappa shape index (κ2) is 9.55. The molecule has 4 nitrogen and oxygen atoms in total. The molecule has 0 radical (unpaired) electrons. The first-order chi connectivity index (χ1) is 14.2. The second-order valence-electron chi connectivity index (χ2n) is 8.71. The van der Waals surface area contributed by atoms with Gasteiger partial charge in [-0.15, -0.1) is 0 Å². The van der Waals surface area contributed by atoms with Crippen molar-refractivity contribution in [2.24, 2.45) is 5.92 Å².